The zero-order valence-electron chi connectivity index (χ0n) is 29.8. The van der Waals surface area contributed by atoms with Crippen LogP contribution in [0.15, 0.2) is 48.7 Å². The molecule has 0 spiro atoms. The first-order chi connectivity index (χ1) is 24.6. The first kappa shape index (κ1) is 40.7. The zero-order valence-corrected chi connectivity index (χ0v) is 29.8. The second-order valence-corrected chi connectivity index (χ2v) is 12.2. The molecule has 1 unspecified atom stereocenters. The molecule has 0 aromatic heterocycles. The van der Waals surface area contributed by atoms with Crippen LogP contribution in [0, 0.1) is 0 Å². The lowest BCUT2D eigenvalue weighted by molar-refractivity contribution is -0.141. The van der Waals surface area contributed by atoms with Crippen LogP contribution in [0.25, 0.3) is 11.1 Å². The minimum absolute atomic E-state index is 0.0830. The molecule has 1 aliphatic rings. The highest BCUT2D eigenvalue weighted by molar-refractivity contribution is 5.94. The molecule has 278 valence electrons. The number of unbranched alkanes of at least 4 members (excludes halogenated alkanes) is 1. The Kier molecular flexibility index (Phi) is 17.7. The molecule has 13 nitrogen and oxygen atoms in total. The van der Waals surface area contributed by atoms with E-state index in [1.807, 2.05) is 43.3 Å². The standard InChI is InChI=1S/C38H52N4O9/c1-4-26(2)50-22-18-40-36(46)10-8-12-38(48)42-29-14-16-31-30-15-13-28(23-32(30)34(33(31)24-29)25-51-27(3)44)41-37(47)11-7-9-35(45)39-17-21-49-20-6-5-19-43/h13-16,23-24,34,43H,2,4-12,17-22,25H2,1,3H3,(H,39,45)(H,40,46)(H,41,47)(H,42,48). The number of ether oxygens (including phenoxy) is 3. The molecule has 5 N–H and O–H groups in total. The van der Waals surface area contributed by atoms with Crippen LogP contribution in [0.5, 0.6) is 0 Å². The Morgan fingerprint density at radius 3 is 1.75 bits per heavy atom. The molecule has 51 heavy (non-hydrogen) atoms. The van der Waals surface area contributed by atoms with Crippen molar-refractivity contribution in [2.24, 2.45) is 0 Å². The number of carbonyl (C=O) groups excluding carboxylic acids is 5. The minimum atomic E-state index is -0.420. The number of amides is 4. The monoisotopic (exact) mass is 708 g/mol. The van der Waals surface area contributed by atoms with E-state index in [1.165, 1.54) is 6.92 Å². The van der Waals surface area contributed by atoms with E-state index in [4.69, 9.17) is 19.3 Å². The molecule has 0 bridgehead atoms. The first-order valence-electron chi connectivity index (χ1n) is 17.6. The van der Waals surface area contributed by atoms with Crippen molar-refractivity contribution < 1.29 is 43.3 Å². The average Bonchev–Trinajstić information content (AvgIpc) is 3.40. The molecule has 13 heteroatoms. The largest absolute Gasteiger partial charge is 0.497 e. The number of benzene rings is 2. The van der Waals surface area contributed by atoms with Crippen LogP contribution in [0.4, 0.5) is 11.4 Å². The van der Waals surface area contributed by atoms with Crippen molar-refractivity contribution in [1.82, 2.24) is 10.6 Å². The second kappa shape index (κ2) is 22.1. The number of aliphatic hydroxyl groups is 1. The number of rotatable bonds is 24. The highest BCUT2D eigenvalue weighted by atomic mass is 16.5. The molecular formula is C38H52N4O9. The molecule has 0 aliphatic heterocycles. The molecule has 0 radical (unpaired) electrons. The van der Waals surface area contributed by atoms with E-state index >= 15 is 0 Å². The maximum Gasteiger partial charge on any atom is 0.302 e. The van der Waals surface area contributed by atoms with Crippen LogP contribution in [0.1, 0.15) is 88.7 Å². The average molecular weight is 709 g/mol. The van der Waals surface area contributed by atoms with Gasteiger partial charge in [-0.1, -0.05) is 25.6 Å². The van der Waals surface area contributed by atoms with Crippen LogP contribution in [-0.2, 0) is 38.2 Å². The number of hydrogen-bond donors (Lipinski definition) is 5. The van der Waals surface area contributed by atoms with Crippen molar-refractivity contribution in [3.8, 4) is 11.1 Å². The summed E-state index contributed by atoms with van der Waals surface area (Å²) >= 11 is 0. The van der Waals surface area contributed by atoms with Gasteiger partial charge in [0.1, 0.15) is 13.2 Å². The van der Waals surface area contributed by atoms with Crippen LogP contribution < -0.4 is 21.3 Å². The normalized spacial score (nSPS) is 12.6. The van der Waals surface area contributed by atoms with Gasteiger partial charge >= 0.3 is 5.97 Å². The fourth-order valence-electron chi connectivity index (χ4n) is 5.51. The summed E-state index contributed by atoms with van der Waals surface area (Å²) < 4.78 is 16.2. The van der Waals surface area contributed by atoms with Gasteiger partial charge in [-0.3, -0.25) is 24.0 Å². The van der Waals surface area contributed by atoms with Crippen molar-refractivity contribution >= 4 is 41.0 Å². The summed E-state index contributed by atoms with van der Waals surface area (Å²) in [4.78, 5) is 61.4. The summed E-state index contributed by atoms with van der Waals surface area (Å²) in [6.07, 6.45) is 3.69. The maximum absolute atomic E-state index is 12.7. The quantitative estimate of drug-likeness (QED) is 0.0594. The third kappa shape index (κ3) is 14.6. The third-order valence-electron chi connectivity index (χ3n) is 8.17. The molecule has 1 aliphatic carbocycles. The molecule has 0 fully saturated rings. The van der Waals surface area contributed by atoms with Crippen molar-refractivity contribution in [3.63, 3.8) is 0 Å². The van der Waals surface area contributed by atoms with E-state index in [9.17, 15) is 24.0 Å². The van der Waals surface area contributed by atoms with Gasteiger partial charge in [0, 0.05) is 76.1 Å². The van der Waals surface area contributed by atoms with Crippen LogP contribution >= 0.6 is 0 Å². The van der Waals surface area contributed by atoms with Gasteiger partial charge in [0.05, 0.1) is 18.9 Å². The Morgan fingerprint density at radius 2 is 1.24 bits per heavy atom. The van der Waals surface area contributed by atoms with E-state index < -0.39 is 5.97 Å². The van der Waals surface area contributed by atoms with Crippen LogP contribution in [-0.4, -0.2) is 80.8 Å². The number of aliphatic hydroxyl groups excluding tert-OH is 1. The fraction of sp³-hybridized carbons (Fsp3) is 0.500. The Bertz CT molecular complexity index is 1510. The van der Waals surface area contributed by atoms with Crippen molar-refractivity contribution in [3.05, 3.63) is 59.9 Å². The molecule has 0 saturated carbocycles. The number of esters is 1. The van der Waals surface area contributed by atoms with Gasteiger partial charge in [0.15, 0.2) is 0 Å². The van der Waals surface area contributed by atoms with Crippen LogP contribution in [0.3, 0.4) is 0 Å². The Morgan fingerprint density at radius 1 is 0.706 bits per heavy atom. The Hall–Kier alpha value is -4.75. The highest BCUT2D eigenvalue weighted by Crippen LogP contribution is 2.47. The van der Waals surface area contributed by atoms with E-state index in [2.05, 4.69) is 27.8 Å². The molecule has 2 aromatic carbocycles. The SMILES string of the molecule is C=C(CC)OCCNC(=O)CCCC(=O)Nc1ccc2c(c1)C(COC(C)=O)c1cc(NC(=O)CCCC(=O)NCCOCCCCO)ccc1-2. The highest BCUT2D eigenvalue weighted by Gasteiger charge is 2.30. The minimum Gasteiger partial charge on any atom is -0.497 e. The lowest BCUT2D eigenvalue weighted by Crippen LogP contribution is -2.27. The molecule has 3 rings (SSSR count). The van der Waals surface area contributed by atoms with Gasteiger partial charge in [0.2, 0.25) is 23.6 Å². The predicted molar refractivity (Wildman–Crippen MR) is 194 cm³/mol. The van der Waals surface area contributed by atoms with Gasteiger partial charge in [0.25, 0.3) is 0 Å². The van der Waals surface area contributed by atoms with E-state index in [1.54, 1.807) is 0 Å². The lowest BCUT2D eigenvalue weighted by Gasteiger charge is -2.15. The van der Waals surface area contributed by atoms with Gasteiger partial charge < -0.3 is 40.6 Å². The summed E-state index contributed by atoms with van der Waals surface area (Å²) in [5, 5.41) is 20.1. The maximum atomic E-state index is 12.7. The molecule has 0 saturated heterocycles. The number of fused-ring (bicyclic) bond motifs is 3. The molecule has 0 heterocycles. The van der Waals surface area contributed by atoms with E-state index in [0.717, 1.165) is 28.7 Å². The summed E-state index contributed by atoms with van der Waals surface area (Å²) in [6.45, 7) is 9.29. The molecule has 1 atom stereocenters. The Labute approximate surface area is 299 Å². The summed E-state index contributed by atoms with van der Waals surface area (Å²) in [6, 6.07) is 11.2. The summed E-state index contributed by atoms with van der Waals surface area (Å²) in [5.41, 5.74) is 4.78. The number of nitrogens with one attached hydrogen (secondary N) is 4. The van der Waals surface area contributed by atoms with Gasteiger partial charge in [-0.05, 0) is 72.2 Å². The first-order valence-corrected chi connectivity index (χ1v) is 17.6. The Balaban J connectivity index is 1.51. The zero-order chi connectivity index (χ0) is 37.0. The van der Waals surface area contributed by atoms with Gasteiger partial charge in [-0.2, -0.15) is 0 Å². The number of hydrogen-bond acceptors (Lipinski definition) is 9. The third-order valence-corrected chi connectivity index (χ3v) is 8.17. The number of anilines is 2. The van der Waals surface area contributed by atoms with Gasteiger partial charge in [-0.25, -0.2) is 0 Å². The van der Waals surface area contributed by atoms with Crippen molar-refractivity contribution in [2.75, 3.05) is 56.8 Å². The number of carbonyl (C=O) groups is 5. The predicted octanol–water partition coefficient (Wildman–Crippen LogP) is 4.54. The van der Waals surface area contributed by atoms with E-state index in [0.29, 0.717) is 75.7 Å². The van der Waals surface area contributed by atoms with Crippen LogP contribution in [0.2, 0.25) is 0 Å². The van der Waals surface area contributed by atoms with Crippen molar-refractivity contribution in [1.29, 1.82) is 0 Å². The molecule has 2 aromatic rings. The second-order valence-electron chi connectivity index (χ2n) is 12.2. The molecule has 4 amide bonds. The lowest BCUT2D eigenvalue weighted by atomic mass is 9.97. The number of allylic oxidation sites excluding steroid dienone is 1. The topological polar surface area (TPSA) is 181 Å². The smallest absolute Gasteiger partial charge is 0.302 e. The van der Waals surface area contributed by atoms with Gasteiger partial charge in [-0.15, -0.1) is 0 Å². The fourth-order valence-corrected chi connectivity index (χ4v) is 5.51. The molecular weight excluding hydrogens is 656 g/mol. The van der Waals surface area contributed by atoms with Crippen molar-refractivity contribution in [2.45, 2.75) is 77.6 Å². The summed E-state index contributed by atoms with van der Waals surface area (Å²) in [5.74, 6) is -0.830. The summed E-state index contributed by atoms with van der Waals surface area (Å²) in [7, 11) is 0. The van der Waals surface area contributed by atoms with E-state index in [-0.39, 0.29) is 68.4 Å².